The third-order valence-corrected chi connectivity index (χ3v) is 5.38. The van der Waals surface area contributed by atoms with Gasteiger partial charge in [-0.05, 0) is 51.5 Å². The molecule has 1 saturated heterocycles. The summed E-state index contributed by atoms with van der Waals surface area (Å²) in [5, 5.41) is 3.09. The van der Waals surface area contributed by atoms with E-state index in [1.807, 2.05) is 30.2 Å². The minimum Gasteiger partial charge on any atom is -0.380 e. The number of hydrogen-bond acceptors (Lipinski definition) is 6. The van der Waals surface area contributed by atoms with Gasteiger partial charge in [-0.2, -0.15) is 0 Å². The smallest absolute Gasteiger partial charge is 0.253 e. The fourth-order valence-corrected chi connectivity index (χ4v) is 3.84. The molecule has 8 nitrogen and oxygen atoms in total. The van der Waals surface area contributed by atoms with E-state index in [-0.39, 0.29) is 23.6 Å². The molecule has 0 unspecified atom stereocenters. The van der Waals surface area contributed by atoms with Gasteiger partial charge in [0.25, 0.3) is 5.91 Å². The number of rotatable bonds is 5. The molecule has 4 rings (SSSR count). The Morgan fingerprint density at radius 1 is 1.12 bits per heavy atom. The molecule has 1 amide bonds. The lowest BCUT2D eigenvalue weighted by Crippen LogP contribution is -2.33. The number of imidazole rings is 1. The van der Waals surface area contributed by atoms with Crippen LogP contribution >= 0.6 is 0 Å². The third-order valence-electron chi connectivity index (χ3n) is 5.38. The van der Waals surface area contributed by atoms with Crippen molar-refractivity contribution in [3.8, 4) is 11.4 Å². The third kappa shape index (κ3) is 4.62. The Hall–Kier alpha value is -3.33. The highest BCUT2D eigenvalue weighted by Crippen LogP contribution is 2.26. The van der Waals surface area contributed by atoms with E-state index in [4.69, 9.17) is 4.74 Å². The maximum Gasteiger partial charge on any atom is 0.253 e. The van der Waals surface area contributed by atoms with E-state index in [1.54, 1.807) is 30.5 Å². The lowest BCUT2D eigenvalue weighted by Gasteiger charge is -2.19. The van der Waals surface area contributed by atoms with Gasteiger partial charge < -0.3 is 19.5 Å². The van der Waals surface area contributed by atoms with Crippen LogP contribution in [0.15, 0.2) is 36.7 Å². The Balaban J connectivity index is 1.52. The van der Waals surface area contributed by atoms with Gasteiger partial charge >= 0.3 is 0 Å². The van der Waals surface area contributed by atoms with Crippen molar-refractivity contribution in [2.45, 2.75) is 33.2 Å². The number of nitrogens with one attached hydrogen (secondary N) is 1. The Bertz CT molecular complexity index is 1090. The SMILES string of the molecule is Cc1ncc(-c2nc(Nc3ccc(C(=O)N4CCCOCC4)cc3)ncc2F)n1C(C)C. The number of aryl methyl sites for hydroxylation is 1. The summed E-state index contributed by atoms with van der Waals surface area (Å²) in [5.74, 6) is 0.525. The molecule has 0 radical (unpaired) electrons. The first-order chi connectivity index (χ1) is 15.4. The van der Waals surface area contributed by atoms with E-state index in [1.165, 1.54) is 0 Å². The van der Waals surface area contributed by atoms with Crippen LogP contribution in [0.3, 0.4) is 0 Å². The van der Waals surface area contributed by atoms with E-state index in [9.17, 15) is 9.18 Å². The lowest BCUT2D eigenvalue weighted by atomic mass is 10.1. The minimum absolute atomic E-state index is 0.0142. The van der Waals surface area contributed by atoms with Crippen molar-refractivity contribution in [2.24, 2.45) is 0 Å². The van der Waals surface area contributed by atoms with E-state index in [2.05, 4.69) is 20.3 Å². The number of benzene rings is 1. The van der Waals surface area contributed by atoms with Crippen molar-refractivity contribution in [1.82, 2.24) is 24.4 Å². The second-order valence-electron chi connectivity index (χ2n) is 8.01. The number of amides is 1. The Kier molecular flexibility index (Phi) is 6.45. The van der Waals surface area contributed by atoms with Gasteiger partial charge in [0.05, 0.1) is 24.7 Å². The quantitative estimate of drug-likeness (QED) is 0.649. The maximum absolute atomic E-state index is 14.5. The second kappa shape index (κ2) is 9.44. The Morgan fingerprint density at radius 2 is 1.91 bits per heavy atom. The van der Waals surface area contributed by atoms with Crippen LogP contribution in [0.1, 0.15) is 42.5 Å². The topological polar surface area (TPSA) is 85.2 Å². The number of anilines is 2. The zero-order valence-corrected chi connectivity index (χ0v) is 18.5. The van der Waals surface area contributed by atoms with Crippen LogP contribution in [-0.4, -0.2) is 56.6 Å². The Morgan fingerprint density at radius 3 is 2.66 bits per heavy atom. The average molecular weight is 439 g/mol. The van der Waals surface area contributed by atoms with Crippen molar-refractivity contribution < 1.29 is 13.9 Å². The van der Waals surface area contributed by atoms with E-state index >= 15 is 0 Å². The number of aromatic nitrogens is 4. The molecular weight excluding hydrogens is 411 g/mol. The van der Waals surface area contributed by atoms with Gasteiger partial charge in [-0.1, -0.05) is 0 Å². The summed E-state index contributed by atoms with van der Waals surface area (Å²) in [6.07, 6.45) is 3.61. The predicted octanol–water partition coefficient (Wildman–Crippen LogP) is 3.97. The highest BCUT2D eigenvalue weighted by Gasteiger charge is 2.19. The van der Waals surface area contributed by atoms with Crippen LogP contribution < -0.4 is 5.32 Å². The number of ether oxygens (including phenoxy) is 1. The molecule has 1 N–H and O–H groups in total. The van der Waals surface area contributed by atoms with Gasteiger partial charge in [-0.15, -0.1) is 0 Å². The molecule has 3 heterocycles. The monoisotopic (exact) mass is 438 g/mol. The van der Waals surface area contributed by atoms with Crippen molar-refractivity contribution in [3.63, 3.8) is 0 Å². The summed E-state index contributed by atoms with van der Waals surface area (Å²) < 4.78 is 21.9. The molecule has 0 bridgehead atoms. The first kappa shape index (κ1) is 21.9. The van der Waals surface area contributed by atoms with Crippen LogP contribution in [0.5, 0.6) is 0 Å². The molecular formula is C23H27FN6O2. The molecule has 0 atom stereocenters. The summed E-state index contributed by atoms with van der Waals surface area (Å²) in [7, 11) is 0. The molecule has 168 valence electrons. The zero-order valence-electron chi connectivity index (χ0n) is 18.5. The van der Waals surface area contributed by atoms with E-state index in [0.717, 1.165) is 18.4 Å². The lowest BCUT2D eigenvalue weighted by molar-refractivity contribution is 0.0741. The molecule has 1 aliphatic rings. The van der Waals surface area contributed by atoms with E-state index < -0.39 is 5.82 Å². The molecule has 0 saturated carbocycles. The summed E-state index contributed by atoms with van der Waals surface area (Å²) in [4.78, 5) is 27.3. The molecule has 2 aromatic heterocycles. The van der Waals surface area contributed by atoms with Gasteiger partial charge in [0.15, 0.2) is 5.82 Å². The van der Waals surface area contributed by atoms with Gasteiger partial charge in [-0.25, -0.2) is 19.3 Å². The van der Waals surface area contributed by atoms with Crippen LogP contribution in [0, 0.1) is 12.7 Å². The first-order valence-electron chi connectivity index (χ1n) is 10.7. The van der Waals surface area contributed by atoms with Crippen LogP contribution in [-0.2, 0) is 4.74 Å². The molecule has 32 heavy (non-hydrogen) atoms. The molecule has 9 heteroatoms. The highest BCUT2D eigenvalue weighted by molar-refractivity contribution is 5.94. The summed E-state index contributed by atoms with van der Waals surface area (Å²) in [6.45, 7) is 8.43. The number of carbonyl (C=O) groups excluding carboxylic acids is 1. The molecule has 0 spiro atoms. The van der Waals surface area contributed by atoms with Crippen molar-refractivity contribution >= 4 is 17.5 Å². The average Bonchev–Trinajstić information content (AvgIpc) is 2.98. The predicted molar refractivity (Wildman–Crippen MR) is 119 cm³/mol. The standard InChI is InChI=1S/C23H27FN6O2/c1-15(2)30-16(3)25-14-20(30)21-19(24)13-26-23(28-21)27-18-7-5-17(6-8-18)22(31)29-9-4-11-32-12-10-29/h5-8,13-15H,4,9-12H2,1-3H3,(H,26,27,28). The molecule has 1 aromatic carbocycles. The van der Waals surface area contributed by atoms with Gasteiger partial charge in [0.2, 0.25) is 5.95 Å². The summed E-state index contributed by atoms with van der Waals surface area (Å²) in [6, 6.07) is 7.21. The largest absolute Gasteiger partial charge is 0.380 e. The van der Waals surface area contributed by atoms with Crippen molar-refractivity contribution in [1.29, 1.82) is 0 Å². The van der Waals surface area contributed by atoms with Gasteiger partial charge in [0, 0.05) is 37.0 Å². The normalized spacial score (nSPS) is 14.5. The maximum atomic E-state index is 14.5. The van der Waals surface area contributed by atoms with Crippen molar-refractivity contribution in [2.75, 3.05) is 31.6 Å². The zero-order chi connectivity index (χ0) is 22.7. The number of nitrogens with zero attached hydrogens (tertiary/aromatic N) is 5. The van der Waals surface area contributed by atoms with Gasteiger partial charge in [-0.3, -0.25) is 4.79 Å². The first-order valence-corrected chi connectivity index (χ1v) is 10.7. The van der Waals surface area contributed by atoms with Crippen molar-refractivity contribution in [3.05, 3.63) is 53.9 Å². The fourth-order valence-electron chi connectivity index (χ4n) is 3.84. The molecule has 0 aliphatic carbocycles. The minimum atomic E-state index is -0.514. The number of carbonyl (C=O) groups is 1. The summed E-state index contributed by atoms with van der Waals surface area (Å²) in [5.41, 5.74) is 2.09. The van der Waals surface area contributed by atoms with Crippen LogP contribution in [0.2, 0.25) is 0 Å². The number of halogens is 1. The number of hydrogen-bond donors (Lipinski definition) is 1. The molecule has 3 aromatic rings. The Labute approximate surface area is 186 Å². The molecule has 1 aliphatic heterocycles. The fraction of sp³-hybridized carbons (Fsp3) is 0.391. The van der Waals surface area contributed by atoms with E-state index in [0.29, 0.717) is 43.2 Å². The van der Waals surface area contributed by atoms with Crippen LogP contribution in [0.25, 0.3) is 11.4 Å². The van der Waals surface area contributed by atoms with Crippen LogP contribution in [0.4, 0.5) is 16.0 Å². The highest BCUT2D eigenvalue weighted by atomic mass is 19.1. The molecule has 1 fully saturated rings. The van der Waals surface area contributed by atoms with Gasteiger partial charge in [0.1, 0.15) is 11.5 Å². The second-order valence-corrected chi connectivity index (χ2v) is 8.01. The summed E-state index contributed by atoms with van der Waals surface area (Å²) >= 11 is 0.